The van der Waals surface area contributed by atoms with E-state index >= 15 is 0 Å². The van der Waals surface area contributed by atoms with E-state index in [-0.39, 0.29) is 11.7 Å². The minimum absolute atomic E-state index is 0.0701. The molecule has 0 spiro atoms. The monoisotopic (exact) mass is 291 g/mol. The summed E-state index contributed by atoms with van der Waals surface area (Å²) in [5.74, 6) is -0.279. The van der Waals surface area contributed by atoms with Crippen LogP contribution in [0, 0.1) is 6.92 Å². The lowest BCUT2D eigenvalue weighted by Crippen LogP contribution is -2.13. The van der Waals surface area contributed by atoms with Gasteiger partial charge in [0.15, 0.2) is 5.13 Å². The first kappa shape index (κ1) is 14.0. The number of anilines is 1. The van der Waals surface area contributed by atoms with Crippen LogP contribution in [0.2, 0.25) is 0 Å². The number of phenols is 1. The quantitative estimate of drug-likeness (QED) is 0.460. The van der Waals surface area contributed by atoms with E-state index in [0.717, 1.165) is 0 Å². The van der Waals surface area contributed by atoms with Crippen LogP contribution in [0.3, 0.4) is 0 Å². The third-order valence-electron chi connectivity index (χ3n) is 2.80. The fourth-order valence-corrected chi connectivity index (χ4v) is 2.33. The molecule has 7 heteroatoms. The van der Waals surface area contributed by atoms with Crippen molar-refractivity contribution in [2.24, 2.45) is 5.16 Å². The molecule has 1 aromatic carbocycles. The number of carbonyl (C=O) groups excluding carboxylic acids is 1. The molecule has 0 aliphatic rings. The predicted molar refractivity (Wildman–Crippen MR) is 76.9 cm³/mol. The highest BCUT2D eigenvalue weighted by molar-refractivity contribution is 7.14. The number of nitrogens with zero attached hydrogens (tertiary/aromatic N) is 2. The van der Waals surface area contributed by atoms with Crippen molar-refractivity contribution in [3.05, 3.63) is 40.4 Å². The van der Waals surface area contributed by atoms with Gasteiger partial charge in [0.1, 0.15) is 17.2 Å². The number of aromatic hydroxyl groups is 1. The smallest absolute Gasteiger partial charge is 0.257 e. The van der Waals surface area contributed by atoms with Crippen molar-refractivity contribution in [1.29, 1.82) is 0 Å². The highest BCUT2D eigenvalue weighted by atomic mass is 32.1. The Balaban J connectivity index is 2.20. The largest absolute Gasteiger partial charge is 0.508 e. The molecular weight excluding hydrogens is 278 g/mol. The fourth-order valence-electron chi connectivity index (χ4n) is 1.58. The number of carbonyl (C=O) groups is 1. The second kappa shape index (κ2) is 5.70. The van der Waals surface area contributed by atoms with Crippen LogP contribution in [0.15, 0.2) is 28.7 Å². The Hall–Kier alpha value is -2.41. The number of amides is 1. The fraction of sp³-hybridized carbons (Fsp3) is 0.154. The van der Waals surface area contributed by atoms with Crippen molar-refractivity contribution in [3.8, 4) is 5.75 Å². The van der Waals surface area contributed by atoms with E-state index in [1.807, 2.05) is 0 Å². The van der Waals surface area contributed by atoms with Crippen LogP contribution < -0.4 is 5.32 Å². The van der Waals surface area contributed by atoms with Crippen LogP contribution in [0.25, 0.3) is 0 Å². The lowest BCUT2D eigenvalue weighted by atomic mass is 10.1. The van der Waals surface area contributed by atoms with Crippen LogP contribution in [0.5, 0.6) is 5.75 Å². The summed E-state index contributed by atoms with van der Waals surface area (Å²) >= 11 is 1.23. The van der Waals surface area contributed by atoms with E-state index in [9.17, 15) is 9.90 Å². The molecule has 0 aliphatic heterocycles. The highest BCUT2D eigenvalue weighted by Gasteiger charge is 2.13. The van der Waals surface area contributed by atoms with E-state index in [2.05, 4.69) is 15.5 Å². The molecule has 0 unspecified atom stereocenters. The topological polar surface area (TPSA) is 94.8 Å². The molecule has 0 bridgehead atoms. The number of thiazole rings is 1. The van der Waals surface area contributed by atoms with Gasteiger partial charge in [-0.15, -0.1) is 11.3 Å². The zero-order chi connectivity index (χ0) is 14.7. The van der Waals surface area contributed by atoms with Gasteiger partial charge in [-0.1, -0.05) is 11.2 Å². The Morgan fingerprint density at radius 3 is 2.90 bits per heavy atom. The molecule has 0 saturated heterocycles. The number of benzene rings is 1. The zero-order valence-corrected chi connectivity index (χ0v) is 11.7. The lowest BCUT2D eigenvalue weighted by molar-refractivity contribution is 0.102. The second-order valence-corrected chi connectivity index (χ2v) is 4.99. The van der Waals surface area contributed by atoms with E-state index in [0.29, 0.717) is 27.7 Å². The van der Waals surface area contributed by atoms with Gasteiger partial charge in [-0.2, -0.15) is 0 Å². The predicted octanol–water partition coefficient (Wildman–Crippen LogP) is 2.61. The van der Waals surface area contributed by atoms with Gasteiger partial charge in [-0.05, 0) is 26.0 Å². The SMILES string of the molecule is C/C(=N/O)c1csc(NC(=O)c2cccc(O)c2C)n1. The van der Waals surface area contributed by atoms with Crippen LogP contribution >= 0.6 is 11.3 Å². The first-order chi connectivity index (χ1) is 9.52. The van der Waals surface area contributed by atoms with Crippen molar-refractivity contribution in [2.45, 2.75) is 13.8 Å². The molecule has 1 amide bonds. The third-order valence-corrected chi connectivity index (χ3v) is 3.55. The van der Waals surface area contributed by atoms with Gasteiger partial charge >= 0.3 is 0 Å². The molecule has 0 atom stereocenters. The third kappa shape index (κ3) is 2.77. The molecule has 1 aromatic heterocycles. The molecule has 0 radical (unpaired) electrons. The zero-order valence-electron chi connectivity index (χ0n) is 10.9. The lowest BCUT2D eigenvalue weighted by Gasteiger charge is -2.06. The van der Waals surface area contributed by atoms with Gasteiger partial charge < -0.3 is 10.3 Å². The average Bonchev–Trinajstić information content (AvgIpc) is 2.89. The minimum atomic E-state index is -0.349. The van der Waals surface area contributed by atoms with Crippen molar-refractivity contribution in [3.63, 3.8) is 0 Å². The summed E-state index contributed by atoms with van der Waals surface area (Å²) in [6, 6.07) is 4.75. The molecule has 3 N–H and O–H groups in total. The summed E-state index contributed by atoms with van der Waals surface area (Å²) in [6.07, 6.45) is 0. The Kier molecular flexibility index (Phi) is 3.99. The molecule has 104 valence electrons. The number of oxime groups is 1. The number of hydrogen-bond acceptors (Lipinski definition) is 6. The first-order valence-corrected chi connectivity index (χ1v) is 6.65. The van der Waals surface area contributed by atoms with Crippen molar-refractivity contribution < 1.29 is 15.1 Å². The molecular formula is C13H13N3O3S. The van der Waals surface area contributed by atoms with E-state index in [1.165, 1.54) is 17.4 Å². The number of phenolic OH excluding ortho intramolecular Hbond substituents is 1. The van der Waals surface area contributed by atoms with Crippen molar-refractivity contribution >= 4 is 28.1 Å². The van der Waals surface area contributed by atoms with Gasteiger partial charge in [-0.25, -0.2) is 4.98 Å². The summed E-state index contributed by atoms with van der Waals surface area (Å²) in [7, 11) is 0. The van der Waals surface area contributed by atoms with Crippen molar-refractivity contribution in [2.75, 3.05) is 5.32 Å². The molecule has 20 heavy (non-hydrogen) atoms. The standard InChI is InChI=1S/C13H13N3O3S/c1-7-9(4-3-5-11(7)17)12(18)15-13-14-10(6-20-13)8(2)16-19/h3-6,17,19H,1-2H3,(H,14,15,18)/b16-8-. The molecule has 2 aromatic rings. The van der Waals surface area contributed by atoms with Crippen molar-refractivity contribution in [1.82, 2.24) is 4.98 Å². The van der Waals surface area contributed by atoms with Gasteiger partial charge in [0.25, 0.3) is 5.91 Å². The van der Waals surface area contributed by atoms with Crippen LogP contribution in [0.4, 0.5) is 5.13 Å². The van der Waals surface area contributed by atoms with Gasteiger partial charge in [-0.3, -0.25) is 10.1 Å². The minimum Gasteiger partial charge on any atom is -0.508 e. The first-order valence-electron chi connectivity index (χ1n) is 5.77. The molecule has 2 rings (SSSR count). The summed E-state index contributed by atoms with van der Waals surface area (Å²) in [6.45, 7) is 3.28. The Morgan fingerprint density at radius 1 is 1.45 bits per heavy atom. The summed E-state index contributed by atoms with van der Waals surface area (Å²) < 4.78 is 0. The van der Waals surface area contributed by atoms with Gasteiger partial charge in [0, 0.05) is 16.5 Å². The molecule has 0 aliphatic carbocycles. The van der Waals surface area contributed by atoms with Crippen LogP contribution in [-0.4, -0.2) is 26.9 Å². The number of nitrogens with one attached hydrogen (secondary N) is 1. The number of aromatic nitrogens is 1. The van der Waals surface area contributed by atoms with Gasteiger partial charge in [0.05, 0.1) is 0 Å². The molecule has 1 heterocycles. The Labute approximate surface area is 119 Å². The van der Waals surface area contributed by atoms with Crippen LogP contribution in [0.1, 0.15) is 28.5 Å². The summed E-state index contributed by atoms with van der Waals surface area (Å²) in [5.41, 5.74) is 1.76. The normalized spacial score (nSPS) is 11.4. The molecule has 0 fully saturated rings. The maximum absolute atomic E-state index is 12.1. The number of rotatable bonds is 3. The maximum Gasteiger partial charge on any atom is 0.257 e. The Morgan fingerprint density at radius 2 is 2.20 bits per heavy atom. The molecule has 6 nitrogen and oxygen atoms in total. The second-order valence-electron chi connectivity index (χ2n) is 4.13. The number of hydrogen-bond donors (Lipinski definition) is 3. The maximum atomic E-state index is 12.1. The van der Waals surface area contributed by atoms with Crippen LogP contribution in [-0.2, 0) is 0 Å². The van der Waals surface area contributed by atoms with E-state index in [1.54, 1.807) is 31.4 Å². The average molecular weight is 291 g/mol. The van der Waals surface area contributed by atoms with E-state index in [4.69, 9.17) is 5.21 Å². The summed E-state index contributed by atoms with van der Waals surface area (Å²) in [5, 5.41) is 26.0. The summed E-state index contributed by atoms with van der Waals surface area (Å²) in [4.78, 5) is 16.2. The van der Waals surface area contributed by atoms with E-state index < -0.39 is 0 Å². The Bertz CT molecular complexity index is 679. The van der Waals surface area contributed by atoms with Gasteiger partial charge in [0.2, 0.25) is 0 Å². The highest BCUT2D eigenvalue weighted by Crippen LogP contribution is 2.22. The molecule has 0 saturated carbocycles.